The molecule has 2 rings (SSSR count). The minimum atomic E-state index is -3.14. The van der Waals surface area contributed by atoms with Gasteiger partial charge >= 0.3 is 5.97 Å². The van der Waals surface area contributed by atoms with Crippen LogP contribution in [-0.4, -0.2) is 55.4 Å². The molecule has 148 valence electrons. The zero-order valence-electron chi connectivity index (χ0n) is 15.4. The van der Waals surface area contributed by atoms with Crippen molar-refractivity contribution in [1.82, 2.24) is 4.90 Å². The lowest BCUT2D eigenvalue weighted by Crippen LogP contribution is -2.48. The average molecular weight is 397 g/mol. The van der Waals surface area contributed by atoms with E-state index in [1.165, 1.54) is 29.2 Å². The third-order valence-corrected chi connectivity index (χ3v) is 6.35. The average Bonchev–Trinajstić information content (AvgIpc) is 2.98. The van der Waals surface area contributed by atoms with Crippen LogP contribution in [0.1, 0.15) is 32.3 Å². The molecule has 0 N–H and O–H groups in total. The largest absolute Gasteiger partial charge is 0.452 e. The molecule has 0 aromatic heterocycles. The van der Waals surface area contributed by atoms with E-state index < -0.39 is 40.2 Å². The molecular formula is C19H24FNO5S. The van der Waals surface area contributed by atoms with Crippen LogP contribution in [0.5, 0.6) is 0 Å². The molecule has 1 aromatic carbocycles. The second-order valence-electron chi connectivity index (χ2n) is 6.58. The minimum absolute atomic E-state index is 0.0586. The molecule has 0 radical (unpaired) electrons. The van der Waals surface area contributed by atoms with Gasteiger partial charge in [0, 0.05) is 23.7 Å². The zero-order valence-corrected chi connectivity index (χ0v) is 16.2. The summed E-state index contributed by atoms with van der Waals surface area (Å²) in [6.45, 7) is 3.25. The van der Waals surface area contributed by atoms with Crippen LogP contribution >= 0.6 is 0 Å². The molecule has 1 fully saturated rings. The highest BCUT2D eigenvalue weighted by molar-refractivity contribution is 7.91. The second kappa shape index (κ2) is 9.12. The minimum Gasteiger partial charge on any atom is -0.452 e. The number of halogens is 1. The first kappa shape index (κ1) is 21.1. The zero-order chi connectivity index (χ0) is 20.0. The summed E-state index contributed by atoms with van der Waals surface area (Å²) < 4.78 is 41.9. The van der Waals surface area contributed by atoms with Crippen LogP contribution in [0.3, 0.4) is 0 Å². The van der Waals surface area contributed by atoms with Crippen LogP contribution in [0.25, 0.3) is 6.08 Å². The van der Waals surface area contributed by atoms with Gasteiger partial charge in [-0.25, -0.2) is 17.6 Å². The highest BCUT2D eigenvalue weighted by atomic mass is 32.2. The first-order chi connectivity index (χ1) is 12.7. The topological polar surface area (TPSA) is 80.8 Å². The Morgan fingerprint density at radius 1 is 1.37 bits per heavy atom. The molecule has 2 atom stereocenters. The Kier molecular flexibility index (Phi) is 7.12. The van der Waals surface area contributed by atoms with E-state index in [-0.39, 0.29) is 23.1 Å². The summed E-state index contributed by atoms with van der Waals surface area (Å²) in [7, 11) is -3.14. The van der Waals surface area contributed by atoms with Gasteiger partial charge in [-0.3, -0.25) is 4.79 Å². The van der Waals surface area contributed by atoms with Gasteiger partial charge in [0.05, 0.1) is 11.5 Å². The fraction of sp³-hybridized carbons (Fsp3) is 0.474. The van der Waals surface area contributed by atoms with E-state index in [0.717, 1.165) is 6.08 Å². The van der Waals surface area contributed by atoms with Crippen molar-refractivity contribution >= 4 is 27.8 Å². The lowest BCUT2D eigenvalue weighted by atomic mass is 10.1. The van der Waals surface area contributed by atoms with E-state index in [4.69, 9.17) is 4.74 Å². The van der Waals surface area contributed by atoms with Crippen molar-refractivity contribution in [1.29, 1.82) is 0 Å². The summed E-state index contributed by atoms with van der Waals surface area (Å²) in [5.41, 5.74) is 0.234. The summed E-state index contributed by atoms with van der Waals surface area (Å²) in [5, 5.41) is 0. The van der Waals surface area contributed by atoms with Gasteiger partial charge in [0.15, 0.2) is 16.4 Å². The first-order valence-corrected chi connectivity index (χ1v) is 10.7. The van der Waals surface area contributed by atoms with Gasteiger partial charge in [0.25, 0.3) is 5.91 Å². The van der Waals surface area contributed by atoms with Crippen molar-refractivity contribution < 1.29 is 27.1 Å². The Labute approximate surface area is 158 Å². The third-order valence-electron chi connectivity index (χ3n) is 4.60. The lowest BCUT2D eigenvalue weighted by Gasteiger charge is -2.33. The van der Waals surface area contributed by atoms with E-state index in [1.807, 2.05) is 13.8 Å². The first-order valence-electron chi connectivity index (χ1n) is 8.84. The Morgan fingerprint density at radius 3 is 2.67 bits per heavy atom. The van der Waals surface area contributed by atoms with E-state index in [1.54, 1.807) is 6.07 Å². The number of rotatable bonds is 7. The molecule has 1 aliphatic heterocycles. The van der Waals surface area contributed by atoms with Gasteiger partial charge in [-0.2, -0.15) is 0 Å². The molecule has 0 saturated carbocycles. The maximum atomic E-state index is 13.5. The van der Waals surface area contributed by atoms with Gasteiger partial charge < -0.3 is 9.64 Å². The van der Waals surface area contributed by atoms with Gasteiger partial charge in [0.1, 0.15) is 5.82 Å². The number of ether oxygens (including phenoxy) is 1. The van der Waals surface area contributed by atoms with Crippen molar-refractivity contribution in [2.24, 2.45) is 0 Å². The molecule has 0 aliphatic carbocycles. The number of carbonyl (C=O) groups is 2. The second-order valence-corrected chi connectivity index (χ2v) is 8.81. The van der Waals surface area contributed by atoms with Gasteiger partial charge in [-0.15, -0.1) is 0 Å². The number of benzene rings is 1. The molecular weight excluding hydrogens is 373 g/mol. The Hall–Kier alpha value is -2.22. The quantitative estimate of drug-likeness (QED) is 0.520. The van der Waals surface area contributed by atoms with Crippen molar-refractivity contribution in [2.45, 2.75) is 38.8 Å². The number of amides is 1. The summed E-state index contributed by atoms with van der Waals surface area (Å²) in [6, 6.07) is 5.39. The fourth-order valence-corrected chi connectivity index (χ4v) is 4.74. The predicted molar refractivity (Wildman–Crippen MR) is 100 cm³/mol. The molecule has 0 unspecified atom stereocenters. The van der Waals surface area contributed by atoms with Crippen LogP contribution < -0.4 is 0 Å². The number of nitrogens with zero attached hydrogens (tertiary/aromatic N) is 1. The number of carbonyl (C=O) groups excluding carboxylic acids is 2. The Balaban J connectivity index is 1.97. The van der Waals surface area contributed by atoms with Crippen molar-refractivity contribution in [3.05, 3.63) is 41.7 Å². The van der Waals surface area contributed by atoms with Crippen LogP contribution in [0, 0.1) is 5.82 Å². The smallest absolute Gasteiger partial charge is 0.331 e. The summed E-state index contributed by atoms with van der Waals surface area (Å²) in [4.78, 5) is 25.9. The number of esters is 1. The predicted octanol–water partition coefficient (Wildman–Crippen LogP) is 2.20. The van der Waals surface area contributed by atoms with E-state index >= 15 is 0 Å². The fourth-order valence-electron chi connectivity index (χ4n) is 3.02. The molecule has 6 nitrogen and oxygen atoms in total. The molecule has 0 bridgehead atoms. The number of hydrogen-bond donors (Lipinski definition) is 0. The highest BCUT2D eigenvalue weighted by Gasteiger charge is 2.36. The maximum Gasteiger partial charge on any atom is 0.331 e. The Bertz CT molecular complexity index is 821. The van der Waals surface area contributed by atoms with E-state index in [0.29, 0.717) is 12.8 Å². The number of sulfone groups is 1. The van der Waals surface area contributed by atoms with Crippen LogP contribution in [-0.2, 0) is 24.2 Å². The summed E-state index contributed by atoms with van der Waals surface area (Å²) in [6.07, 6.45) is 3.38. The normalized spacial score (nSPS) is 19.7. The molecule has 0 spiro atoms. The molecule has 1 aromatic rings. The maximum absolute atomic E-state index is 13.5. The van der Waals surface area contributed by atoms with E-state index in [9.17, 15) is 22.4 Å². The van der Waals surface area contributed by atoms with Crippen molar-refractivity contribution in [2.75, 3.05) is 18.1 Å². The highest BCUT2D eigenvalue weighted by Crippen LogP contribution is 2.21. The van der Waals surface area contributed by atoms with Crippen LogP contribution in [0.4, 0.5) is 4.39 Å². The van der Waals surface area contributed by atoms with Crippen molar-refractivity contribution in [3.8, 4) is 0 Å². The monoisotopic (exact) mass is 397 g/mol. The summed E-state index contributed by atoms with van der Waals surface area (Å²) in [5.74, 6) is -1.68. The third kappa shape index (κ3) is 5.89. The van der Waals surface area contributed by atoms with Crippen LogP contribution in [0.15, 0.2) is 30.3 Å². The van der Waals surface area contributed by atoms with Gasteiger partial charge in [-0.1, -0.05) is 25.1 Å². The molecule has 1 heterocycles. The van der Waals surface area contributed by atoms with Crippen LogP contribution in [0.2, 0.25) is 0 Å². The van der Waals surface area contributed by atoms with Gasteiger partial charge in [0.2, 0.25) is 0 Å². The molecule has 1 saturated heterocycles. The summed E-state index contributed by atoms with van der Waals surface area (Å²) >= 11 is 0. The van der Waals surface area contributed by atoms with E-state index in [2.05, 4.69) is 0 Å². The Morgan fingerprint density at radius 2 is 2.07 bits per heavy atom. The molecule has 1 amide bonds. The molecule has 27 heavy (non-hydrogen) atoms. The number of hydrogen-bond acceptors (Lipinski definition) is 5. The van der Waals surface area contributed by atoms with Gasteiger partial charge in [-0.05, 0) is 31.9 Å². The lowest BCUT2D eigenvalue weighted by molar-refractivity contribution is -0.150. The van der Waals surface area contributed by atoms with Crippen molar-refractivity contribution in [3.63, 3.8) is 0 Å². The SMILES string of the molecule is CC[C@H](C)N(C(=O)COC(=O)/C=C/c1ccccc1F)[C@@H]1CCS(=O)(=O)C1. The molecule has 1 aliphatic rings. The molecule has 8 heteroatoms. The standard InChI is InChI=1S/C19H24FNO5S/c1-3-14(2)21(16-10-11-27(24,25)13-16)18(22)12-26-19(23)9-8-15-6-4-5-7-17(15)20/h4-9,14,16H,3,10-13H2,1-2H3/b9-8+/t14-,16+/m0/s1.